The Morgan fingerprint density at radius 1 is 0.952 bits per heavy atom. The summed E-state index contributed by atoms with van der Waals surface area (Å²) in [5.41, 5.74) is 5.47. The summed E-state index contributed by atoms with van der Waals surface area (Å²) in [6.45, 7) is 0. The van der Waals surface area contributed by atoms with Gasteiger partial charge in [0.15, 0.2) is 5.82 Å². The van der Waals surface area contributed by atoms with E-state index in [0.717, 1.165) is 28.9 Å². The molecule has 0 aliphatic carbocycles. The molecule has 0 radical (unpaired) electrons. The fourth-order valence-electron chi connectivity index (χ4n) is 1.84. The minimum Gasteiger partial charge on any atom is -0.396 e. The van der Waals surface area contributed by atoms with Crippen LogP contribution in [0.25, 0.3) is 17.1 Å². The molecule has 0 unspecified atom stereocenters. The zero-order valence-corrected chi connectivity index (χ0v) is 10.5. The van der Waals surface area contributed by atoms with E-state index >= 15 is 0 Å². The van der Waals surface area contributed by atoms with Crippen LogP contribution in [0.3, 0.4) is 0 Å². The number of tetrazole rings is 1. The van der Waals surface area contributed by atoms with Crippen molar-refractivity contribution in [3.05, 3.63) is 53.8 Å². The standard InChI is InChI=1S/C13H8F3N5/c14-8-2-3-9(15)12(6-8)21-13(18-19-20-21)7-1-4-11(17)10(16)5-7/h1-6H,17H2. The number of rotatable bonds is 2. The highest BCUT2D eigenvalue weighted by molar-refractivity contribution is 5.61. The predicted molar refractivity (Wildman–Crippen MR) is 68.9 cm³/mol. The van der Waals surface area contributed by atoms with Gasteiger partial charge in [-0.2, -0.15) is 4.68 Å². The number of nitrogen functional groups attached to an aromatic ring is 1. The van der Waals surface area contributed by atoms with Crippen molar-refractivity contribution in [2.75, 3.05) is 5.73 Å². The van der Waals surface area contributed by atoms with Crippen LogP contribution in [-0.2, 0) is 0 Å². The van der Waals surface area contributed by atoms with E-state index in [0.29, 0.717) is 0 Å². The van der Waals surface area contributed by atoms with E-state index in [1.807, 2.05) is 0 Å². The third-order valence-corrected chi connectivity index (χ3v) is 2.86. The number of benzene rings is 2. The molecule has 3 aromatic rings. The number of halogens is 3. The molecule has 21 heavy (non-hydrogen) atoms. The molecule has 0 amide bonds. The van der Waals surface area contributed by atoms with E-state index in [4.69, 9.17) is 5.73 Å². The Morgan fingerprint density at radius 2 is 1.76 bits per heavy atom. The third kappa shape index (κ3) is 2.31. The number of nitrogens with zero attached hydrogens (tertiary/aromatic N) is 4. The molecule has 0 aliphatic heterocycles. The van der Waals surface area contributed by atoms with Crippen molar-refractivity contribution in [1.29, 1.82) is 0 Å². The maximum Gasteiger partial charge on any atom is 0.187 e. The van der Waals surface area contributed by atoms with Gasteiger partial charge in [0.05, 0.1) is 5.69 Å². The van der Waals surface area contributed by atoms with Crippen LogP contribution in [0.1, 0.15) is 0 Å². The summed E-state index contributed by atoms with van der Waals surface area (Å²) in [5.74, 6) is -1.93. The van der Waals surface area contributed by atoms with Crippen LogP contribution in [0.5, 0.6) is 0 Å². The van der Waals surface area contributed by atoms with Gasteiger partial charge in [0.25, 0.3) is 0 Å². The molecular formula is C13H8F3N5. The molecule has 0 aliphatic rings. The molecule has 0 saturated carbocycles. The summed E-state index contributed by atoms with van der Waals surface area (Å²) in [5, 5.41) is 10.7. The molecule has 0 atom stereocenters. The second kappa shape index (κ2) is 4.89. The van der Waals surface area contributed by atoms with E-state index in [1.165, 1.54) is 12.1 Å². The van der Waals surface area contributed by atoms with E-state index in [2.05, 4.69) is 15.5 Å². The molecule has 2 N–H and O–H groups in total. The zero-order valence-electron chi connectivity index (χ0n) is 10.5. The van der Waals surface area contributed by atoms with E-state index in [-0.39, 0.29) is 22.8 Å². The maximum absolute atomic E-state index is 13.8. The van der Waals surface area contributed by atoms with Gasteiger partial charge in [-0.25, -0.2) is 13.2 Å². The fourth-order valence-corrected chi connectivity index (χ4v) is 1.84. The largest absolute Gasteiger partial charge is 0.396 e. The lowest BCUT2D eigenvalue weighted by Gasteiger charge is -2.06. The second-order valence-corrected chi connectivity index (χ2v) is 4.25. The highest BCUT2D eigenvalue weighted by Gasteiger charge is 2.16. The zero-order chi connectivity index (χ0) is 15.0. The Kier molecular flexibility index (Phi) is 3.05. The first-order valence-corrected chi connectivity index (χ1v) is 5.85. The van der Waals surface area contributed by atoms with Gasteiger partial charge in [-0.15, -0.1) is 5.10 Å². The van der Waals surface area contributed by atoms with Crippen LogP contribution in [-0.4, -0.2) is 20.2 Å². The lowest BCUT2D eigenvalue weighted by Crippen LogP contribution is -2.03. The third-order valence-electron chi connectivity index (χ3n) is 2.86. The molecule has 0 bridgehead atoms. The summed E-state index contributed by atoms with van der Waals surface area (Å²) >= 11 is 0. The summed E-state index contributed by atoms with van der Waals surface area (Å²) < 4.78 is 41.6. The van der Waals surface area contributed by atoms with Gasteiger partial charge in [0.2, 0.25) is 0 Å². The highest BCUT2D eigenvalue weighted by atomic mass is 19.1. The lowest BCUT2D eigenvalue weighted by atomic mass is 10.2. The summed E-state index contributed by atoms with van der Waals surface area (Å²) in [4.78, 5) is 0. The number of hydrogen-bond acceptors (Lipinski definition) is 4. The van der Waals surface area contributed by atoms with Crippen LogP contribution in [0.2, 0.25) is 0 Å². The minimum absolute atomic E-state index is 0.0327. The maximum atomic E-state index is 13.8. The van der Waals surface area contributed by atoms with Crippen molar-refractivity contribution in [1.82, 2.24) is 20.2 Å². The Hall–Kier alpha value is -2.90. The Bertz CT molecular complexity index is 815. The van der Waals surface area contributed by atoms with E-state index in [9.17, 15) is 13.2 Å². The van der Waals surface area contributed by atoms with Gasteiger partial charge in [0.1, 0.15) is 23.1 Å². The normalized spacial score (nSPS) is 10.8. The van der Waals surface area contributed by atoms with E-state index in [1.54, 1.807) is 0 Å². The van der Waals surface area contributed by atoms with Crippen molar-refractivity contribution < 1.29 is 13.2 Å². The van der Waals surface area contributed by atoms with Crippen molar-refractivity contribution >= 4 is 5.69 Å². The van der Waals surface area contributed by atoms with Crippen LogP contribution >= 0.6 is 0 Å². The van der Waals surface area contributed by atoms with Gasteiger partial charge in [-0.3, -0.25) is 0 Å². The van der Waals surface area contributed by atoms with Crippen LogP contribution < -0.4 is 5.73 Å². The van der Waals surface area contributed by atoms with Crippen LogP contribution in [0.4, 0.5) is 18.9 Å². The van der Waals surface area contributed by atoms with Crippen LogP contribution in [0, 0.1) is 17.5 Å². The van der Waals surface area contributed by atoms with Crippen molar-refractivity contribution in [3.8, 4) is 17.1 Å². The average molecular weight is 291 g/mol. The topological polar surface area (TPSA) is 69.6 Å². The first kappa shape index (κ1) is 13.1. The quantitative estimate of drug-likeness (QED) is 0.736. The second-order valence-electron chi connectivity index (χ2n) is 4.25. The van der Waals surface area contributed by atoms with Crippen molar-refractivity contribution in [2.45, 2.75) is 0 Å². The minimum atomic E-state index is -0.708. The molecule has 106 valence electrons. The van der Waals surface area contributed by atoms with Gasteiger partial charge in [0, 0.05) is 11.6 Å². The van der Waals surface area contributed by atoms with Crippen LogP contribution in [0.15, 0.2) is 36.4 Å². The molecule has 0 spiro atoms. The number of hydrogen-bond donors (Lipinski definition) is 1. The molecule has 0 fully saturated rings. The van der Waals surface area contributed by atoms with Crippen molar-refractivity contribution in [2.24, 2.45) is 0 Å². The van der Waals surface area contributed by atoms with Gasteiger partial charge < -0.3 is 5.73 Å². The Balaban J connectivity index is 2.17. The molecular weight excluding hydrogens is 283 g/mol. The Morgan fingerprint density at radius 3 is 2.52 bits per heavy atom. The van der Waals surface area contributed by atoms with Crippen molar-refractivity contribution in [3.63, 3.8) is 0 Å². The monoisotopic (exact) mass is 291 g/mol. The molecule has 8 heteroatoms. The highest BCUT2D eigenvalue weighted by Crippen LogP contribution is 2.24. The summed E-state index contributed by atoms with van der Waals surface area (Å²) in [6, 6.07) is 6.83. The van der Waals surface area contributed by atoms with E-state index < -0.39 is 17.5 Å². The smallest absolute Gasteiger partial charge is 0.187 e. The lowest BCUT2D eigenvalue weighted by molar-refractivity contribution is 0.584. The molecule has 0 saturated heterocycles. The summed E-state index contributed by atoms with van der Waals surface area (Å²) in [7, 11) is 0. The summed E-state index contributed by atoms with van der Waals surface area (Å²) in [6.07, 6.45) is 0. The molecule has 2 aromatic carbocycles. The number of anilines is 1. The number of aromatic nitrogens is 4. The first-order chi connectivity index (χ1) is 10.1. The first-order valence-electron chi connectivity index (χ1n) is 5.85. The fraction of sp³-hybridized carbons (Fsp3) is 0. The Labute approximate surface area is 116 Å². The molecule has 3 rings (SSSR count). The average Bonchev–Trinajstić information content (AvgIpc) is 2.93. The van der Waals surface area contributed by atoms with Gasteiger partial charge in [-0.1, -0.05) is 0 Å². The predicted octanol–water partition coefficient (Wildman–Crippen LogP) is 2.33. The SMILES string of the molecule is Nc1ccc(-c2nnnn2-c2cc(F)ccc2F)cc1F. The molecule has 1 aromatic heterocycles. The number of nitrogens with two attached hydrogens (primary N) is 1. The molecule has 5 nitrogen and oxygen atoms in total. The molecule has 1 heterocycles. The van der Waals surface area contributed by atoms with Gasteiger partial charge in [-0.05, 0) is 40.8 Å². The van der Waals surface area contributed by atoms with Gasteiger partial charge >= 0.3 is 0 Å².